The molecule has 8 heteroatoms. The Morgan fingerprint density at radius 2 is 1.85 bits per heavy atom. The van der Waals surface area contributed by atoms with Crippen molar-refractivity contribution in [1.29, 1.82) is 0 Å². The first kappa shape index (κ1) is 20.0. The summed E-state index contributed by atoms with van der Waals surface area (Å²) in [5, 5.41) is 10.5. The molecule has 1 aliphatic heterocycles. The molecule has 0 unspecified atom stereocenters. The summed E-state index contributed by atoms with van der Waals surface area (Å²) < 4.78 is 6.27. The van der Waals surface area contributed by atoms with Gasteiger partial charge in [0.15, 0.2) is 5.17 Å². The van der Waals surface area contributed by atoms with Crippen LogP contribution >= 0.6 is 43.6 Å². The van der Waals surface area contributed by atoms with Crippen LogP contribution in [0, 0.1) is 0 Å². The third-order valence-corrected chi connectivity index (χ3v) is 6.05. The maximum atomic E-state index is 12.7. The van der Waals surface area contributed by atoms with E-state index in [4.69, 9.17) is 4.74 Å². The Balaban J connectivity index is 1.93. The van der Waals surface area contributed by atoms with Crippen LogP contribution in [0.15, 0.2) is 55.2 Å². The predicted molar refractivity (Wildman–Crippen MR) is 117 cm³/mol. The normalized spacial score (nSPS) is 17.2. The molecule has 140 valence electrons. The van der Waals surface area contributed by atoms with E-state index in [0.29, 0.717) is 25.6 Å². The molecule has 0 spiro atoms. The highest BCUT2D eigenvalue weighted by molar-refractivity contribution is 9.11. The smallest absolute Gasteiger partial charge is 0.266 e. The van der Waals surface area contributed by atoms with Gasteiger partial charge >= 0.3 is 0 Å². The van der Waals surface area contributed by atoms with Crippen LogP contribution in [0.25, 0.3) is 6.08 Å². The van der Waals surface area contributed by atoms with Crippen molar-refractivity contribution in [2.45, 2.75) is 6.92 Å². The molecule has 0 saturated carbocycles. The van der Waals surface area contributed by atoms with Gasteiger partial charge in [-0.3, -0.25) is 9.69 Å². The Morgan fingerprint density at radius 3 is 2.41 bits per heavy atom. The van der Waals surface area contributed by atoms with Gasteiger partial charge in [0, 0.05) is 6.54 Å². The van der Waals surface area contributed by atoms with E-state index in [9.17, 15) is 9.90 Å². The minimum absolute atomic E-state index is 0.0879. The van der Waals surface area contributed by atoms with E-state index in [2.05, 4.69) is 36.9 Å². The molecule has 1 amide bonds. The lowest BCUT2D eigenvalue weighted by atomic mass is 10.2. The molecule has 1 saturated heterocycles. The van der Waals surface area contributed by atoms with Crippen molar-refractivity contribution in [2.75, 3.05) is 13.7 Å². The number of methoxy groups -OCH3 is 1. The summed E-state index contributed by atoms with van der Waals surface area (Å²) in [4.78, 5) is 19.6. The molecular formula is C19H16Br2N2O3S. The molecule has 0 aliphatic carbocycles. The number of ether oxygens (including phenoxy) is 1. The number of phenolic OH excluding ortho intramolecular Hbond substituents is 1. The monoisotopic (exact) mass is 510 g/mol. The van der Waals surface area contributed by atoms with Crippen LogP contribution in [0.4, 0.5) is 5.69 Å². The SMILES string of the molecule is CCN1C(=O)/C(=C\c2cc(Br)c(O)c(Br)c2)SC1=Nc1ccc(OC)cc1. The van der Waals surface area contributed by atoms with Crippen molar-refractivity contribution in [3.05, 3.63) is 55.8 Å². The number of thioether (sulfide) groups is 1. The van der Waals surface area contributed by atoms with E-state index in [-0.39, 0.29) is 11.7 Å². The van der Waals surface area contributed by atoms with Gasteiger partial charge in [0.1, 0.15) is 11.5 Å². The van der Waals surface area contributed by atoms with Gasteiger partial charge in [-0.2, -0.15) is 0 Å². The zero-order chi connectivity index (χ0) is 19.6. The summed E-state index contributed by atoms with van der Waals surface area (Å²) in [6.45, 7) is 2.44. The fraction of sp³-hybridized carbons (Fsp3) is 0.158. The molecule has 2 aromatic carbocycles. The molecule has 3 rings (SSSR count). The summed E-state index contributed by atoms with van der Waals surface area (Å²) in [6.07, 6.45) is 1.79. The van der Waals surface area contributed by atoms with Gasteiger partial charge in [0.2, 0.25) is 0 Å². The molecule has 0 radical (unpaired) electrons. The molecule has 1 N–H and O–H groups in total. The second kappa shape index (κ2) is 8.50. The number of nitrogens with zero attached hydrogens (tertiary/aromatic N) is 2. The molecule has 0 bridgehead atoms. The number of likely N-dealkylation sites (N-methyl/N-ethyl adjacent to an activating group) is 1. The number of amidine groups is 1. The number of hydrogen-bond acceptors (Lipinski definition) is 5. The number of phenols is 1. The van der Waals surface area contributed by atoms with Crippen molar-refractivity contribution in [2.24, 2.45) is 4.99 Å². The minimum Gasteiger partial charge on any atom is -0.506 e. The third kappa shape index (κ3) is 4.39. The number of hydrogen-bond donors (Lipinski definition) is 1. The molecule has 0 aromatic heterocycles. The first-order valence-electron chi connectivity index (χ1n) is 8.05. The van der Waals surface area contributed by atoms with Crippen molar-refractivity contribution in [3.8, 4) is 11.5 Å². The van der Waals surface area contributed by atoms with Crippen molar-refractivity contribution in [1.82, 2.24) is 4.90 Å². The lowest BCUT2D eigenvalue weighted by Crippen LogP contribution is -2.28. The molecule has 0 atom stereocenters. The van der Waals surface area contributed by atoms with Gasteiger partial charge < -0.3 is 9.84 Å². The maximum Gasteiger partial charge on any atom is 0.266 e. The van der Waals surface area contributed by atoms with Crippen LogP contribution in [-0.4, -0.2) is 34.7 Å². The Labute approximate surface area is 178 Å². The molecular weight excluding hydrogens is 496 g/mol. The molecule has 2 aromatic rings. The number of rotatable bonds is 4. The standard InChI is InChI=1S/C19H16Br2N2O3S/c1-3-23-18(25)16(10-11-8-14(20)17(24)15(21)9-11)27-19(23)22-12-4-6-13(26-2)7-5-12/h4-10,24H,3H2,1-2H3/b16-10+,22-19?. The van der Waals surface area contributed by atoms with Crippen LogP contribution in [0.3, 0.4) is 0 Å². The number of halogens is 2. The number of aliphatic imine (C=N–C) groups is 1. The molecule has 1 fully saturated rings. The average molecular weight is 512 g/mol. The van der Waals surface area contributed by atoms with Crippen LogP contribution < -0.4 is 4.74 Å². The number of aromatic hydroxyl groups is 1. The lowest BCUT2D eigenvalue weighted by Gasteiger charge is -2.12. The molecule has 5 nitrogen and oxygen atoms in total. The predicted octanol–water partition coefficient (Wildman–Crippen LogP) is 5.55. The van der Waals surface area contributed by atoms with E-state index >= 15 is 0 Å². The second-order valence-electron chi connectivity index (χ2n) is 5.59. The largest absolute Gasteiger partial charge is 0.506 e. The summed E-state index contributed by atoms with van der Waals surface area (Å²) in [5.41, 5.74) is 1.55. The fourth-order valence-electron chi connectivity index (χ4n) is 2.46. The quantitative estimate of drug-likeness (QED) is 0.546. The van der Waals surface area contributed by atoms with E-state index in [1.807, 2.05) is 31.2 Å². The summed E-state index contributed by atoms with van der Waals surface area (Å²) in [7, 11) is 1.61. The Hall–Kier alpha value is -1.77. The number of benzene rings is 2. The van der Waals surface area contributed by atoms with Crippen LogP contribution in [0.1, 0.15) is 12.5 Å². The van der Waals surface area contributed by atoms with Crippen LogP contribution in [-0.2, 0) is 4.79 Å². The summed E-state index contributed by atoms with van der Waals surface area (Å²) in [6, 6.07) is 10.9. The molecule has 1 heterocycles. The van der Waals surface area contributed by atoms with Crippen molar-refractivity contribution in [3.63, 3.8) is 0 Å². The molecule has 1 aliphatic rings. The number of carbonyl (C=O) groups is 1. The minimum atomic E-state index is -0.0879. The van der Waals surface area contributed by atoms with E-state index in [0.717, 1.165) is 17.0 Å². The summed E-state index contributed by atoms with van der Waals surface area (Å²) in [5.74, 6) is 0.792. The molecule has 27 heavy (non-hydrogen) atoms. The Kier molecular flexibility index (Phi) is 6.29. The van der Waals surface area contributed by atoms with Gasteiger partial charge in [0.25, 0.3) is 5.91 Å². The first-order chi connectivity index (χ1) is 12.9. The zero-order valence-electron chi connectivity index (χ0n) is 14.6. The Bertz CT molecular complexity index is 919. The Morgan fingerprint density at radius 1 is 1.22 bits per heavy atom. The van der Waals surface area contributed by atoms with Gasteiger partial charge in [-0.25, -0.2) is 4.99 Å². The fourth-order valence-corrected chi connectivity index (χ4v) is 4.74. The highest BCUT2D eigenvalue weighted by Gasteiger charge is 2.32. The van der Waals surface area contributed by atoms with E-state index in [1.54, 1.807) is 30.2 Å². The topological polar surface area (TPSA) is 62.1 Å². The van der Waals surface area contributed by atoms with Crippen molar-refractivity contribution < 1.29 is 14.6 Å². The number of amides is 1. The third-order valence-electron chi connectivity index (χ3n) is 3.84. The zero-order valence-corrected chi connectivity index (χ0v) is 18.6. The van der Waals surface area contributed by atoms with E-state index < -0.39 is 0 Å². The number of carbonyl (C=O) groups excluding carboxylic acids is 1. The van der Waals surface area contributed by atoms with E-state index in [1.165, 1.54) is 11.8 Å². The average Bonchev–Trinajstić information content (AvgIpc) is 2.94. The van der Waals surface area contributed by atoms with Gasteiger partial charge in [-0.15, -0.1) is 0 Å². The highest BCUT2D eigenvalue weighted by atomic mass is 79.9. The van der Waals surface area contributed by atoms with Gasteiger partial charge in [-0.1, -0.05) is 0 Å². The maximum absolute atomic E-state index is 12.7. The highest BCUT2D eigenvalue weighted by Crippen LogP contribution is 2.37. The van der Waals surface area contributed by atoms with Crippen molar-refractivity contribution >= 4 is 66.5 Å². The van der Waals surface area contributed by atoms with Crippen LogP contribution in [0.5, 0.6) is 11.5 Å². The van der Waals surface area contributed by atoms with Gasteiger partial charge in [0.05, 0.1) is 26.6 Å². The second-order valence-corrected chi connectivity index (χ2v) is 8.30. The van der Waals surface area contributed by atoms with Gasteiger partial charge in [-0.05, 0) is 98.6 Å². The first-order valence-corrected chi connectivity index (χ1v) is 10.4. The van der Waals surface area contributed by atoms with Crippen LogP contribution in [0.2, 0.25) is 0 Å². The lowest BCUT2D eigenvalue weighted by molar-refractivity contribution is -0.122. The summed E-state index contributed by atoms with van der Waals surface area (Å²) >= 11 is 7.95.